The lowest BCUT2D eigenvalue weighted by Crippen LogP contribution is -2.03. The molecule has 23 heavy (non-hydrogen) atoms. The zero-order valence-corrected chi connectivity index (χ0v) is 13.4. The van der Waals surface area contributed by atoms with Crippen LogP contribution in [0.1, 0.15) is 43.0 Å². The highest BCUT2D eigenvalue weighted by Gasteiger charge is 2.12. The van der Waals surface area contributed by atoms with Gasteiger partial charge in [0.1, 0.15) is 5.75 Å². The fourth-order valence-electron chi connectivity index (χ4n) is 2.45. The molecule has 0 aliphatic rings. The summed E-state index contributed by atoms with van der Waals surface area (Å²) in [6.45, 7) is 2.90. The number of aromatic carboxylic acids is 1. The van der Waals surface area contributed by atoms with E-state index in [9.17, 15) is 4.79 Å². The highest BCUT2D eigenvalue weighted by molar-refractivity contribution is 5.98. The summed E-state index contributed by atoms with van der Waals surface area (Å²) in [7, 11) is 0. The normalized spacial score (nSPS) is 10.5. The maximum Gasteiger partial charge on any atom is 0.337 e. The van der Waals surface area contributed by atoms with Gasteiger partial charge in [-0.2, -0.15) is 0 Å². The molecule has 0 aromatic heterocycles. The van der Waals surface area contributed by atoms with Crippen molar-refractivity contribution in [3.63, 3.8) is 0 Å². The first-order valence-electron chi connectivity index (χ1n) is 7.98. The quantitative estimate of drug-likeness (QED) is 0.552. The fourth-order valence-corrected chi connectivity index (χ4v) is 2.45. The third-order valence-corrected chi connectivity index (χ3v) is 3.77. The third-order valence-electron chi connectivity index (χ3n) is 3.77. The lowest BCUT2D eigenvalue weighted by atomic mass is 10.0. The molecular formula is C19H23NO3. The van der Waals surface area contributed by atoms with E-state index in [4.69, 9.17) is 15.6 Å². The number of carbonyl (C=O) groups is 1. The van der Waals surface area contributed by atoms with Crippen molar-refractivity contribution in [1.29, 1.82) is 0 Å². The van der Waals surface area contributed by atoms with Crippen LogP contribution in [0, 0.1) is 0 Å². The minimum Gasteiger partial charge on any atom is -0.494 e. The lowest BCUT2D eigenvalue weighted by molar-refractivity contribution is 0.0698. The van der Waals surface area contributed by atoms with Gasteiger partial charge in [0.2, 0.25) is 0 Å². The average molecular weight is 313 g/mol. The van der Waals surface area contributed by atoms with Crippen molar-refractivity contribution < 1.29 is 14.6 Å². The van der Waals surface area contributed by atoms with Crippen LogP contribution in [0.15, 0.2) is 42.5 Å². The van der Waals surface area contributed by atoms with Crippen LogP contribution < -0.4 is 10.5 Å². The molecule has 4 nitrogen and oxygen atoms in total. The molecule has 0 fully saturated rings. The number of hydrogen-bond acceptors (Lipinski definition) is 3. The van der Waals surface area contributed by atoms with Gasteiger partial charge in [0.05, 0.1) is 17.9 Å². The molecule has 122 valence electrons. The van der Waals surface area contributed by atoms with E-state index in [2.05, 4.69) is 6.92 Å². The second-order valence-electron chi connectivity index (χ2n) is 5.51. The largest absolute Gasteiger partial charge is 0.494 e. The number of nitrogen functional groups attached to an aromatic ring is 1. The van der Waals surface area contributed by atoms with Gasteiger partial charge in [-0.3, -0.25) is 0 Å². The van der Waals surface area contributed by atoms with E-state index in [1.165, 1.54) is 25.3 Å². The van der Waals surface area contributed by atoms with Gasteiger partial charge in [0, 0.05) is 5.56 Å². The van der Waals surface area contributed by atoms with Gasteiger partial charge in [-0.1, -0.05) is 50.5 Å². The van der Waals surface area contributed by atoms with Crippen molar-refractivity contribution in [2.24, 2.45) is 0 Å². The van der Waals surface area contributed by atoms with Crippen molar-refractivity contribution in [3.05, 3.63) is 48.0 Å². The highest BCUT2D eigenvalue weighted by Crippen LogP contribution is 2.30. The zero-order chi connectivity index (χ0) is 16.7. The van der Waals surface area contributed by atoms with E-state index in [0.29, 0.717) is 0 Å². The number of carboxylic acids is 1. The Hall–Kier alpha value is -2.49. The van der Waals surface area contributed by atoms with Crippen LogP contribution in [-0.2, 0) is 0 Å². The highest BCUT2D eigenvalue weighted by atomic mass is 16.5. The van der Waals surface area contributed by atoms with Crippen molar-refractivity contribution in [3.8, 4) is 16.9 Å². The number of anilines is 1. The van der Waals surface area contributed by atoms with Gasteiger partial charge < -0.3 is 15.6 Å². The molecule has 0 saturated carbocycles. The Morgan fingerprint density at radius 1 is 1.09 bits per heavy atom. The fraction of sp³-hybridized carbons (Fsp3) is 0.316. The smallest absolute Gasteiger partial charge is 0.337 e. The van der Waals surface area contributed by atoms with E-state index < -0.39 is 5.97 Å². The molecule has 0 heterocycles. The molecule has 0 aliphatic carbocycles. The van der Waals surface area contributed by atoms with E-state index in [-0.39, 0.29) is 11.3 Å². The molecule has 0 atom stereocenters. The molecule has 0 amide bonds. The first-order valence-corrected chi connectivity index (χ1v) is 7.98. The molecule has 2 aromatic carbocycles. The molecule has 0 radical (unpaired) electrons. The molecule has 0 saturated heterocycles. The van der Waals surface area contributed by atoms with Gasteiger partial charge in [-0.15, -0.1) is 0 Å². The molecule has 0 spiro atoms. The average Bonchev–Trinajstić information content (AvgIpc) is 2.55. The van der Waals surface area contributed by atoms with E-state index >= 15 is 0 Å². The second kappa shape index (κ2) is 8.22. The van der Waals surface area contributed by atoms with Gasteiger partial charge >= 0.3 is 5.97 Å². The van der Waals surface area contributed by atoms with Gasteiger partial charge in [0.15, 0.2) is 0 Å². The summed E-state index contributed by atoms with van der Waals surface area (Å²) in [5.41, 5.74) is 7.98. The number of rotatable bonds is 8. The lowest BCUT2D eigenvalue weighted by Gasteiger charge is -2.10. The number of nitrogens with two attached hydrogens (primary N) is 1. The minimum absolute atomic E-state index is 0.124. The Balaban J connectivity index is 2.05. The summed E-state index contributed by atoms with van der Waals surface area (Å²) in [6.07, 6.45) is 4.70. The van der Waals surface area contributed by atoms with Gasteiger partial charge in [-0.05, 0) is 30.2 Å². The number of carboxylic acid groups (broad SMARTS) is 1. The van der Waals surface area contributed by atoms with Crippen LogP contribution in [0.3, 0.4) is 0 Å². The van der Waals surface area contributed by atoms with E-state index in [1.54, 1.807) is 6.07 Å². The molecule has 2 rings (SSSR count). The standard InChI is InChI=1S/C19H23NO3/c1-2-3-4-5-13-23-15-11-9-14(10-12-15)16-7-6-8-17(18(16)20)19(21)22/h6-12H,2-5,13,20H2,1H3,(H,21,22). The predicted molar refractivity (Wildman–Crippen MR) is 92.9 cm³/mol. The van der Waals surface area contributed by atoms with Crippen LogP contribution >= 0.6 is 0 Å². The van der Waals surface area contributed by atoms with Gasteiger partial charge in [-0.25, -0.2) is 4.79 Å². The molecule has 3 N–H and O–H groups in total. The Labute approximate surface area is 136 Å². The van der Waals surface area contributed by atoms with Crippen molar-refractivity contribution in [2.75, 3.05) is 12.3 Å². The van der Waals surface area contributed by atoms with Crippen LogP contribution in [0.2, 0.25) is 0 Å². The Kier molecular flexibility index (Phi) is 6.03. The third kappa shape index (κ3) is 4.49. The van der Waals surface area contributed by atoms with Crippen molar-refractivity contribution in [1.82, 2.24) is 0 Å². The van der Waals surface area contributed by atoms with E-state index in [0.717, 1.165) is 29.9 Å². The van der Waals surface area contributed by atoms with Crippen molar-refractivity contribution in [2.45, 2.75) is 32.6 Å². The summed E-state index contributed by atoms with van der Waals surface area (Å²) in [5, 5.41) is 9.14. The number of para-hydroxylation sites is 1. The molecule has 0 bridgehead atoms. The number of ether oxygens (including phenoxy) is 1. The van der Waals surface area contributed by atoms with Crippen LogP contribution in [0.4, 0.5) is 5.69 Å². The van der Waals surface area contributed by atoms with Crippen molar-refractivity contribution >= 4 is 11.7 Å². The Morgan fingerprint density at radius 2 is 1.83 bits per heavy atom. The molecule has 4 heteroatoms. The predicted octanol–water partition coefficient (Wildman–Crippen LogP) is 4.59. The first kappa shape index (κ1) is 16.9. The Morgan fingerprint density at radius 3 is 2.48 bits per heavy atom. The number of benzene rings is 2. The van der Waals surface area contributed by atoms with Crippen LogP contribution in [0.5, 0.6) is 5.75 Å². The maximum atomic E-state index is 11.2. The topological polar surface area (TPSA) is 72.5 Å². The number of unbranched alkanes of at least 4 members (excludes halogenated alkanes) is 3. The van der Waals surface area contributed by atoms with E-state index in [1.807, 2.05) is 30.3 Å². The summed E-state index contributed by atoms with van der Waals surface area (Å²) >= 11 is 0. The summed E-state index contributed by atoms with van der Waals surface area (Å²) in [4.78, 5) is 11.2. The molecule has 0 aliphatic heterocycles. The number of hydrogen-bond donors (Lipinski definition) is 2. The van der Waals surface area contributed by atoms with Crippen LogP contribution in [-0.4, -0.2) is 17.7 Å². The summed E-state index contributed by atoms with van der Waals surface area (Å²) < 4.78 is 5.71. The second-order valence-corrected chi connectivity index (χ2v) is 5.51. The van der Waals surface area contributed by atoms with Gasteiger partial charge in [0.25, 0.3) is 0 Å². The Bertz CT molecular complexity index is 650. The zero-order valence-electron chi connectivity index (χ0n) is 13.4. The summed E-state index contributed by atoms with van der Waals surface area (Å²) in [5.74, 6) is -0.199. The molecular weight excluding hydrogens is 290 g/mol. The molecule has 0 unspecified atom stereocenters. The minimum atomic E-state index is -1.02. The monoisotopic (exact) mass is 313 g/mol. The SMILES string of the molecule is CCCCCCOc1ccc(-c2cccc(C(=O)O)c2N)cc1. The van der Waals surface area contributed by atoms with Crippen LogP contribution in [0.25, 0.3) is 11.1 Å². The summed E-state index contributed by atoms with van der Waals surface area (Å²) in [6, 6.07) is 12.6. The molecule has 2 aromatic rings. The maximum absolute atomic E-state index is 11.2. The first-order chi connectivity index (χ1) is 11.1.